The Morgan fingerprint density at radius 3 is 2.67 bits per heavy atom. The molecule has 3 rings (SSSR count). The summed E-state index contributed by atoms with van der Waals surface area (Å²) in [6.07, 6.45) is 0.248. The predicted molar refractivity (Wildman–Crippen MR) is 74.1 cm³/mol. The Balaban J connectivity index is 1.96. The Labute approximate surface area is 120 Å². The second kappa shape index (κ2) is 5.16. The number of fused-ring (bicyclic) bond motifs is 1. The van der Waals surface area contributed by atoms with E-state index in [9.17, 15) is 18.7 Å². The summed E-state index contributed by atoms with van der Waals surface area (Å²) in [5, 5.41) is 9.35. The highest BCUT2D eigenvalue weighted by Gasteiger charge is 2.34. The molecular formula is C16H13F2NO2. The number of carboxylic acid groups (broad SMARTS) is 1. The first kappa shape index (κ1) is 13.5. The molecule has 0 aliphatic carbocycles. The highest BCUT2D eigenvalue weighted by atomic mass is 19.1. The molecule has 0 amide bonds. The van der Waals surface area contributed by atoms with E-state index in [0.717, 1.165) is 0 Å². The minimum atomic E-state index is -0.969. The van der Waals surface area contributed by atoms with Crippen molar-refractivity contribution in [3.05, 3.63) is 65.2 Å². The van der Waals surface area contributed by atoms with Crippen molar-refractivity contribution >= 4 is 11.7 Å². The Bertz CT molecular complexity index is 702. The fourth-order valence-electron chi connectivity index (χ4n) is 2.73. The maximum atomic E-state index is 13.3. The molecule has 3 nitrogen and oxygen atoms in total. The Morgan fingerprint density at radius 1 is 1.19 bits per heavy atom. The molecule has 0 bridgehead atoms. The fourth-order valence-corrected chi connectivity index (χ4v) is 2.73. The molecule has 0 saturated carbocycles. The molecule has 1 aliphatic heterocycles. The Morgan fingerprint density at radius 2 is 1.95 bits per heavy atom. The lowest BCUT2D eigenvalue weighted by Crippen LogP contribution is -2.38. The zero-order valence-electron chi connectivity index (χ0n) is 11.1. The summed E-state index contributed by atoms with van der Waals surface area (Å²) in [5.74, 6) is -1.72. The average Bonchev–Trinajstić information content (AvgIpc) is 2.77. The van der Waals surface area contributed by atoms with Crippen LogP contribution in [0.4, 0.5) is 14.5 Å². The van der Waals surface area contributed by atoms with E-state index in [-0.39, 0.29) is 24.6 Å². The molecule has 0 saturated heterocycles. The van der Waals surface area contributed by atoms with Crippen LogP contribution in [-0.4, -0.2) is 17.1 Å². The van der Waals surface area contributed by atoms with Crippen LogP contribution in [0.5, 0.6) is 0 Å². The van der Waals surface area contributed by atoms with Gasteiger partial charge in [-0.1, -0.05) is 12.1 Å². The molecule has 2 aromatic carbocycles. The van der Waals surface area contributed by atoms with Gasteiger partial charge in [-0.05, 0) is 41.5 Å². The number of carbonyl (C=O) groups is 1. The largest absolute Gasteiger partial charge is 0.480 e. The van der Waals surface area contributed by atoms with Gasteiger partial charge < -0.3 is 10.0 Å². The van der Waals surface area contributed by atoms with Crippen molar-refractivity contribution in [1.82, 2.24) is 0 Å². The van der Waals surface area contributed by atoms with Crippen LogP contribution >= 0.6 is 0 Å². The maximum Gasteiger partial charge on any atom is 0.326 e. The molecule has 0 fully saturated rings. The van der Waals surface area contributed by atoms with Gasteiger partial charge in [0.05, 0.1) is 0 Å². The molecule has 1 heterocycles. The highest BCUT2D eigenvalue weighted by Crippen LogP contribution is 2.34. The third kappa shape index (κ3) is 2.59. The maximum absolute atomic E-state index is 13.3. The van der Waals surface area contributed by atoms with E-state index >= 15 is 0 Å². The molecule has 5 heteroatoms. The molecule has 0 aromatic heterocycles. The van der Waals surface area contributed by atoms with Crippen molar-refractivity contribution in [2.24, 2.45) is 0 Å². The van der Waals surface area contributed by atoms with Crippen LogP contribution in [0.25, 0.3) is 0 Å². The number of rotatable bonds is 3. The number of aliphatic carboxylic acids is 1. The van der Waals surface area contributed by atoms with E-state index in [1.165, 1.54) is 24.3 Å². The summed E-state index contributed by atoms with van der Waals surface area (Å²) in [7, 11) is 0. The summed E-state index contributed by atoms with van der Waals surface area (Å²) in [6.45, 7) is 0.271. The van der Waals surface area contributed by atoms with Crippen LogP contribution in [0, 0.1) is 11.6 Å². The van der Waals surface area contributed by atoms with E-state index in [1.54, 1.807) is 23.1 Å². The number of hydrogen-bond donors (Lipinski definition) is 1. The topological polar surface area (TPSA) is 40.5 Å². The first-order valence-electron chi connectivity index (χ1n) is 6.57. The summed E-state index contributed by atoms with van der Waals surface area (Å²) >= 11 is 0. The molecule has 1 aliphatic rings. The van der Waals surface area contributed by atoms with Crippen molar-refractivity contribution in [2.75, 3.05) is 4.90 Å². The van der Waals surface area contributed by atoms with Gasteiger partial charge in [-0.15, -0.1) is 0 Å². The zero-order valence-corrected chi connectivity index (χ0v) is 11.1. The second-order valence-corrected chi connectivity index (χ2v) is 5.09. The van der Waals surface area contributed by atoms with Crippen molar-refractivity contribution in [1.29, 1.82) is 0 Å². The molecule has 1 atom stereocenters. The summed E-state index contributed by atoms with van der Waals surface area (Å²) < 4.78 is 26.5. The van der Waals surface area contributed by atoms with Gasteiger partial charge in [-0.2, -0.15) is 0 Å². The van der Waals surface area contributed by atoms with E-state index in [2.05, 4.69) is 0 Å². The number of carboxylic acids is 1. The average molecular weight is 289 g/mol. The molecule has 0 radical (unpaired) electrons. The molecule has 21 heavy (non-hydrogen) atoms. The van der Waals surface area contributed by atoms with Crippen LogP contribution in [0.15, 0.2) is 42.5 Å². The quantitative estimate of drug-likeness (QED) is 0.944. The van der Waals surface area contributed by atoms with E-state index in [0.29, 0.717) is 16.8 Å². The lowest BCUT2D eigenvalue weighted by molar-refractivity contribution is -0.138. The molecule has 1 unspecified atom stereocenters. The molecule has 2 aromatic rings. The van der Waals surface area contributed by atoms with Gasteiger partial charge in [0.2, 0.25) is 0 Å². The number of anilines is 1. The second-order valence-electron chi connectivity index (χ2n) is 5.09. The minimum absolute atomic E-state index is 0.248. The fraction of sp³-hybridized carbons (Fsp3) is 0.188. The summed E-state index contributed by atoms with van der Waals surface area (Å²) in [4.78, 5) is 13.1. The Hall–Kier alpha value is -2.43. The number of halogens is 2. The van der Waals surface area contributed by atoms with Crippen molar-refractivity contribution in [2.45, 2.75) is 19.0 Å². The van der Waals surface area contributed by atoms with E-state index in [4.69, 9.17) is 0 Å². The monoisotopic (exact) mass is 289 g/mol. The van der Waals surface area contributed by atoms with Gasteiger partial charge in [0.25, 0.3) is 0 Å². The first-order valence-corrected chi connectivity index (χ1v) is 6.57. The third-order valence-corrected chi connectivity index (χ3v) is 3.67. The van der Waals surface area contributed by atoms with Gasteiger partial charge in [0.15, 0.2) is 0 Å². The van der Waals surface area contributed by atoms with Crippen LogP contribution in [0.1, 0.15) is 11.1 Å². The van der Waals surface area contributed by atoms with Gasteiger partial charge in [0, 0.05) is 18.7 Å². The van der Waals surface area contributed by atoms with Crippen LogP contribution < -0.4 is 4.90 Å². The minimum Gasteiger partial charge on any atom is -0.480 e. The van der Waals surface area contributed by atoms with Gasteiger partial charge in [0.1, 0.15) is 17.7 Å². The lowest BCUT2D eigenvalue weighted by Gasteiger charge is -2.24. The summed E-state index contributed by atoms with van der Waals surface area (Å²) in [5.41, 5.74) is 2.03. The molecule has 0 spiro atoms. The van der Waals surface area contributed by atoms with Crippen molar-refractivity contribution in [3.63, 3.8) is 0 Å². The number of nitrogens with zero attached hydrogens (tertiary/aromatic N) is 1. The zero-order chi connectivity index (χ0) is 15.0. The lowest BCUT2D eigenvalue weighted by atomic mass is 10.1. The van der Waals surface area contributed by atoms with Crippen molar-refractivity contribution in [3.8, 4) is 0 Å². The Kier molecular flexibility index (Phi) is 3.33. The highest BCUT2D eigenvalue weighted by molar-refractivity contribution is 5.82. The van der Waals surface area contributed by atoms with E-state index in [1.807, 2.05) is 0 Å². The van der Waals surface area contributed by atoms with Crippen LogP contribution in [-0.2, 0) is 17.8 Å². The summed E-state index contributed by atoms with van der Waals surface area (Å²) in [6, 6.07) is 9.52. The number of benzene rings is 2. The smallest absolute Gasteiger partial charge is 0.326 e. The standard InChI is InChI=1S/C16H13F2NO2/c17-12-3-1-2-10(6-12)9-19-14-5-4-13(18)7-11(14)8-15(19)16(20)21/h1-7,15H,8-9H2,(H,20,21). The molecular weight excluding hydrogens is 276 g/mol. The first-order chi connectivity index (χ1) is 10.0. The van der Waals surface area contributed by atoms with Crippen LogP contribution in [0.2, 0.25) is 0 Å². The normalized spacial score (nSPS) is 16.9. The van der Waals surface area contributed by atoms with Gasteiger partial charge >= 0.3 is 5.97 Å². The number of hydrogen-bond acceptors (Lipinski definition) is 2. The third-order valence-electron chi connectivity index (χ3n) is 3.67. The van der Waals surface area contributed by atoms with Crippen molar-refractivity contribution < 1.29 is 18.7 Å². The van der Waals surface area contributed by atoms with Gasteiger partial charge in [-0.3, -0.25) is 0 Å². The van der Waals surface area contributed by atoms with E-state index < -0.39 is 12.0 Å². The predicted octanol–water partition coefficient (Wildman–Crippen LogP) is 2.98. The molecule has 1 N–H and O–H groups in total. The van der Waals surface area contributed by atoms with Crippen LogP contribution in [0.3, 0.4) is 0 Å². The van der Waals surface area contributed by atoms with Gasteiger partial charge in [-0.25, -0.2) is 13.6 Å². The molecule has 108 valence electrons. The SMILES string of the molecule is O=C(O)C1Cc2cc(F)ccc2N1Cc1cccc(F)c1.